The molecule has 1 fully saturated rings. The molecule has 1 aliphatic rings. The largest absolute Gasteiger partial charge is 0.493 e. The Morgan fingerprint density at radius 2 is 1.46 bits per heavy atom. The zero-order chi connectivity index (χ0) is 29.5. The molecule has 0 aromatic heterocycles. The van der Waals surface area contributed by atoms with Crippen molar-refractivity contribution in [3.05, 3.63) is 83.9 Å². The molecule has 0 atom stereocenters. The van der Waals surface area contributed by atoms with Crippen molar-refractivity contribution in [2.24, 2.45) is 0 Å². The summed E-state index contributed by atoms with van der Waals surface area (Å²) in [5.41, 5.74) is 1.58. The molecule has 12 heteroatoms. The van der Waals surface area contributed by atoms with Gasteiger partial charge in [0.05, 0.1) is 30.6 Å². The molecule has 1 aliphatic heterocycles. The SMILES string of the molecule is COc1ccc(S(=O)(=O)N(CC(=O)NCCc2ccc(S(=O)(=O)N3CCCC3)cc2)Cc2ccccc2)cc1OC. The summed E-state index contributed by atoms with van der Waals surface area (Å²) < 4.78 is 65.9. The molecular weight excluding hydrogens is 566 g/mol. The maximum absolute atomic E-state index is 13.6. The Hall–Kier alpha value is -3.45. The van der Waals surface area contributed by atoms with Crippen molar-refractivity contribution in [3.8, 4) is 11.5 Å². The van der Waals surface area contributed by atoms with Gasteiger partial charge in [-0.25, -0.2) is 16.8 Å². The van der Waals surface area contributed by atoms with Crippen LogP contribution in [0.3, 0.4) is 0 Å². The topological polar surface area (TPSA) is 122 Å². The summed E-state index contributed by atoms with van der Waals surface area (Å²) in [5, 5.41) is 2.79. The van der Waals surface area contributed by atoms with Crippen molar-refractivity contribution in [1.29, 1.82) is 0 Å². The monoisotopic (exact) mass is 601 g/mol. The summed E-state index contributed by atoms with van der Waals surface area (Å²) in [4.78, 5) is 13.1. The van der Waals surface area contributed by atoms with E-state index >= 15 is 0 Å². The number of sulfonamides is 2. The molecule has 0 saturated carbocycles. The van der Waals surface area contributed by atoms with Gasteiger partial charge in [-0.05, 0) is 54.7 Å². The van der Waals surface area contributed by atoms with E-state index in [4.69, 9.17) is 9.47 Å². The highest BCUT2D eigenvalue weighted by molar-refractivity contribution is 7.89. The minimum absolute atomic E-state index is 0.00209. The lowest BCUT2D eigenvalue weighted by atomic mass is 10.1. The molecule has 41 heavy (non-hydrogen) atoms. The fraction of sp³-hybridized carbons (Fsp3) is 0.345. The number of carbonyl (C=O) groups excluding carboxylic acids is 1. The number of nitrogens with zero attached hydrogens (tertiary/aromatic N) is 2. The maximum atomic E-state index is 13.6. The molecule has 0 unspecified atom stereocenters. The zero-order valence-electron chi connectivity index (χ0n) is 23.2. The molecule has 3 aromatic rings. The van der Waals surface area contributed by atoms with Crippen LogP contribution < -0.4 is 14.8 Å². The van der Waals surface area contributed by atoms with Gasteiger partial charge in [0.2, 0.25) is 26.0 Å². The van der Waals surface area contributed by atoms with Crippen LogP contribution in [-0.4, -0.2) is 71.8 Å². The van der Waals surface area contributed by atoms with Crippen LogP contribution >= 0.6 is 0 Å². The quantitative estimate of drug-likeness (QED) is 0.320. The second-order valence-electron chi connectivity index (χ2n) is 9.63. The van der Waals surface area contributed by atoms with Gasteiger partial charge in [0.15, 0.2) is 11.5 Å². The number of carbonyl (C=O) groups is 1. The number of hydrogen-bond donors (Lipinski definition) is 1. The van der Waals surface area contributed by atoms with Crippen LogP contribution in [0.2, 0.25) is 0 Å². The van der Waals surface area contributed by atoms with E-state index < -0.39 is 32.5 Å². The lowest BCUT2D eigenvalue weighted by Gasteiger charge is -2.22. The average Bonchev–Trinajstić information content (AvgIpc) is 3.53. The normalized spacial score (nSPS) is 14.2. The van der Waals surface area contributed by atoms with Gasteiger partial charge >= 0.3 is 0 Å². The van der Waals surface area contributed by atoms with E-state index in [9.17, 15) is 21.6 Å². The Balaban J connectivity index is 1.42. The molecule has 3 aromatic carbocycles. The van der Waals surface area contributed by atoms with Gasteiger partial charge in [0.25, 0.3) is 0 Å². The fourth-order valence-corrected chi connectivity index (χ4v) is 7.52. The minimum Gasteiger partial charge on any atom is -0.493 e. The van der Waals surface area contributed by atoms with Crippen LogP contribution in [0.15, 0.2) is 82.6 Å². The van der Waals surface area contributed by atoms with Crippen molar-refractivity contribution >= 4 is 26.0 Å². The molecule has 0 radical (unpaired) electrons. The van der Waals surface area contributed by atoms with Gasteiger partial charge in [-0.15, -0.1) is 0 Å². The third-order valence-electron chi connectivity index (χ3n) is 6.88. The molecule has 1 N–H and O–H groups in total. The first-order chi connectivity index (χ1) is 19.6. The van der Waals surface area contributed by atoms with E-state index in [1.54, 1.807) is 48.5 Å². The predicted molar refractivity (Wildman–Crippen MR) is 155 cm³/mol. The van der Waals surface area contributed by atoms with Crippen LogP contribution in [0.5, 0.6) is 11.5 Å². The van der Waals surface area contributed by atoms with E-state index in [1.165, 1.54) is 36.7 Å². The third kappa shape index (κ3) is 7.45. The number of ether oxygens (including phenoxy) is 2. The number of hydrogen-bond acceptors (Lipinski definition) is 7. The number of rotatable bonds is 13. The highest BCUT2D eigenvalue weighted by Gasteiger charge is 2.29. The van der Waals surface area contributed by atoms with Crippen LogP contribution in [0.4, 0.5) is 0 Å². The summed E-state index contributed by atoms with van der Waals surface area (Å²) in [7, 11) is -4.69. The van der Waals surface area contributed by atoms with Gasteiger partial charge in [-0.2, -0.15) is 8.61 Å². The summed E-state index contributed by atoms with van der Waals surface area (Å²) >= 11 is 0. The second-order valence-corrected chi connectivity index (χ2v) is 13.5. The van der Waals surface area contributed by atoms with Crippen molar-refractivity contribution < 1.29 is 31.1 Å². The van der Waals surface area contributed by atoms with E-state index in [0.717, 1.165) is 28.3 Å². The Morgan fingerprint density at radius 3 is 2.10 bits per heavy atom. The van der Waals surface area contributed by atoms with Gasteiger partial charge in [0.1, 0.15) is 0 Å². The van der Waals surface area contributed by atoms with Crippen LogP contribution in [0, 0.1) is 0 Å². The van der Waals surface area contributed by atoms with Gasteiger partial charge < -0.3 is 14.8 Å². The van der Waals surface area contributed by atoms with E-state index in [1.807, 2.05) is 6.07 Å². The van der Waals surface area contributed by atoms with Crippen molar-refractivity contribution in [1.82, 2.24) is 13.9 Å². The molecule has 4 rings (SSSR count). The highest BCUT2D eigenvalue weighted by atomic mass is 32.2. The number of methoxy groups -OCH3 is 2. The van der Waals surface area contributed by atoms with Crippen molar-refractivity contribution in [3.63, 3.8) is 0 Å². The molecule has 220 valence electrons. The van der Waals surface area contributed by atoms with Crippen molar-refractivity contribution in [2.45, 2.75) is 35.6 Å². The fourth-order valence-electron chi connectivity index (χ4n) is 4.61. The Labute approximate surface area is 242 Å². The van der Waals surface area contributed by atoms with E-state index in [-0.39, 0.29) is 28.6 Å². The Bertz CT molecular complexity index is 1540. The highest BCUT2D eigenvalue weighted by Crippen LogP contribution is 2.31. The lowest BCUT2D eigenvalue weighted by molar-refractivity contribution is -0.121. The Kier molecular flexibility index (Phi) is 10.0. The predicted octanol–water partition coefficient (Wildman–Crippen LogP) is 3.04. The maximum Gasteiger partial charge on any atom is 0.243 e. The lowest BCUT2D eigenvalue weighted by Crippen LogP contribution is -2.40. The smallest absolute Gasteiger partial charge is 0.243 e. The first-order valence-corrected chi connectivity index (χ1v) is 16.1. The number of amides is 1. The molecule has 0 aliphatic carbocycles. The molecule has 0 spiro atoms. The second kappa shape index (κ2) is 13.5. The number of nitrogens with one attached hydrogen (secondary N) is 1. The van der Waals surface area contributed by atoms with Crippen LogP contribution in [0.25, 0.3) is 0 Å². The summed E-state index contributed by atoms with van der Waals surface area (Å²) in [6, 6.07) is 20.0. The third-order valence-corrected chi connectivity index (χ3v) is 10.6. The van der Waals surface area contributed by atoms with E-state index in [0.29, 0.717) is 25.3 Å². The van der Waals surface area contributed by atoms with Crippen molar-refractivity contribution in [2.75, 3.05) is 40.4 Å². The summed E-state index contributed by atoms with van der Waals surface area (Å²) in [6.45, 7) is 0.946. The Morgan fingerprint density at radius 1 is 0.829 bits per heavy atom. The molecule has 1 amide bonds. The van der Waals surface area contributed by atoms with Gasteiger partial charge in [0, 0.05) is 32.2 Å². The molecule has 0 bridgehead atoms. The average molecular weight is 602 g/mol. The summed E-state index contributed by atoms with van der Waals surface area (Å²) in [5.74, 6) is 0.190. The molecule has 1 heterocycles. The van der Waals surface area contributed by atoms with Crippen LogP contribution in [0.1, 0.15) is 24.0 Å². The zero-order valence-corrected chi connectivity index (χ0v) is 24.8. The first-order valence-electron chi connectivity index (χ1n) is 13.3. The molecule has 1 saturated heterocycles. The van der Waals surface area contributed by atoms with Gasteiger partial charge in [-0.1, -0.05) is 42.5 Å². The van der Waals surface area contributed by atoms with E-state index in [2.05, 4.69) is 5.32 Å². The number of benzene rings is 3. The summed E-state index contributed by atoms with van der Waals surface area (Å²) in [6.07, 6.45) is 2.20. The van der Waals surface area contributed by atoms with Gasteiger partial charge in [-0.3, -0.25) is 4.79 Å². The molecular formula is C29H35N3O7S2. The molecule has 10 nitrogen and oxygen atoms in total. The van der Waals surface area contributed by atoms with Crippen LogP contribution in [-0.2, 0) is 37.8 Å². The standard InChI is InChI=1S/C29H35N3O7S2/c1-38-27-15-14-26(20-28(27)39-2)41(36,37)32(21-24-8-4-3-5-9-24)22-29(33)30-17-16-23-10-12-25(13-11-23)40(34,35)31-18-6-7-19-31/h3-5,8-15,20H,6-7,16-19,21-22H2,1-2H3,(H,30,33). The first kappa shape index (κ1) is 30.5. The minimum atomic E-state index is -4.08.